The predicted molar refractivity (Wildman–Crippen MR) is 120 cm³/mol. The molecule has 0 spiro atoms. The van der Waals surface area contributed by atoms with Gasteiger partial charge in [-0.05, 0) is 60.5 Å². The fourth-order valence-electron chi connectivity index (χ4n) is 2.92. The van der Waals surface area contributed by atoms with Crippen LogP contribution in [-0.2, 0) is 11.2 Å². The predicted octanol–water partition coefficient (Wildman–Crippen LogP) is 5.30. The Balaban J connectivity index is 1.48. The van der Waals surface area contributed by atoms with Crippen molar-refractivity contribution >= 4 is 23.2 Å². The van der Waals surface area contributed by atoms with E-state index in [1.807, 2.05) is 25.1 Å². The third-order valence-corrected chi connectivity index (χ3v) is 4.52. The molecule has 5 nitrogen and oxygen atoms in total. The Hall–Kier alpha value is -3.60. The molecule has 0 atom stereocenters. The van der Waals surface area contributed by atoms with E-state index in [0.717, 1.165) is 18.6 Å². The summed E-state index contributed by atoms with van der Waals surface area (Å²) in [6.07, 6.45) is 2.12. The highest BCUT2D eigenvalue weighted by Crippen LogP contribution is 2.17. The Labute approximate surface area is 177 Å². The number of carbonyl (C=O) groups is 2. The van der Waals surface area contributed by atoms with Gasteiger partial charge in [-0.1, -0.05) is 37.3 Å². The van der Waals surface area contributed by atoms with Gasteiger partial charge in [0.2, 0.25) is 5.91 Å². The lowest BCUT2D eigenvalue weighted by Crippen LogP contribution is -2.13. The van der Waals surface area contributed by atoms with Gasteiger partial charge in [-0.3, -0.25) is 9.59 Å². The number of nitrogens with one attached hydrogen (secondary N) is 2. The van der Waals surface area contributed by atoms with Crippen molar-refractivity contribution in [3.05, 3.63) is 90.0 Å². The van der Waals surface area contributed by atoms with Gasteiger partial charge in [0.15, 0.2) is 0 Å². The van der Waals surface area contributed by atoms with E-state index < -0.39 is 0 Å². The van der Waals surface area contributed by atoms with Crippen molar-refractivity contribution in [2.24, 2.45) is 0 Å². The molecular formula is C25H26N2O3. The van der Waals surface area contributed by atoms with Crippen molar-refractivity contribution < 1.29 is 14.3 Å². The molecule has 30 heavy (non-hydrogen) atoms. The van der Waals surface area contributed by atoms with E-state index in [-0.39, 0.29) is 11.8 Å². The maximum absolute atomic E-state index is 12.5. The van der Waals surface area contributed by atoms with Crippen LogP contribution < -0.4 is 15.4 Å². The van der Waals surface area contributed by atoms with Crippen LogP contribution in [0.1, 0.15) is 35.7 Å². The Morgan fingerprint density at radius 3 is 2.07 bits per heavy atom. The zero-order chi connectivity index (χ0) is 21.2. The van der Waals surface area contributed by atoms with Gasteiger partial charge in [-0.25, -0.2) is 0 Å². The van der Waals surface area contributed by atoms with Crippen LogP contribution in [0.5, 0.6) is 5.75 Å². The van der Waals surface area contributed by atoms with Crippen LogP contribution in [0, 0.1) is 0 Å². The summed E-state index contributed by atoms with van der Waals surface area (Å²) in [5, 5.41) is 5.68. The molecule has 0 aromatic heterocycles. The van der Waals surface area contributed by atoms with Crippen LogP contribution in [0.4, 0.5) is 11.4 Å². The maximum atomic E-state index is 12.5. The summed E-state index contributed by atoms with van der Waals surface area (Å²) in [6, 6.07) is 24.3. The molecule has 154 valence electrons. The van der Waals surface area contributed by atoms with Crippen molar-refractivity contribution in [3.8, 4) is 5.75 Å². The first-order valence-corrected chi connectivity index (χ1v) is 10.1. The van der Waals surface area contributed by atoms with Crippen molar-refractivity contribution in [1.29, 1.82) is 0 Å². The lowest BCUT2D eigenvalue weighted by molar-refractivity contribution is -0.116. The van der Waals surface area contributed by atoms with Crippen LogP contribution in [0.25, 0.3) is 0 Å². The second-order valence-corrected chi connectivity index (χ2v) is 6.94. The highest BCUT2D eigenvalue weighted by molar-refractivity contribution is 6.04. The van der Waals surface area contributed by atoms with E-state index in [2.05, 4.69) is 22.8 Å². The number of hydrogen-bond acceptors (Lipinski definition) is 3. The second kappa shape index (κ2) is 10.8. The van der Waals surface area contributed by atoms with E-state index in [9.17, 15) is 9.59 Å². The van der Waals surface area contributed by atoms with E-state index in [1.54, 1.807) is 48.5 Å². The van der Waals surface area contributed by atoms with Gasteiger partial charge in [0.25, 0.3) is 5.91 Å². The lowest BCUT2D eigenvalue weighted by atomic mass is 10.1. The number of anilines is 2. The van der Waals surface area contributed by atoms with E-state index in [0.29, 0.717) is 30.0 Å². The summed E-state index contributed by atoms with van der Waals surface area (Å²) in [5.74, 6) is 0.517. The zero-order valence-corrected chi connectivity index (χ0v) is 17.1. The van der Waals surface area contributed by atoms with Gasteiger partial charge in [0.1, 0.15) is 5.75 Å². The number of amides is 2. The van der Waals surface area contributed by atoms with Crippen LogP contribution >= 0.6 is 0 Å². The zero-order valence-electron chi connectivity index (χ0n) is 17.1. The van der Waals surface area contributed by atoms with Crippen LogP contribution in [0.2, 0.25) is 0 Å². The summed E-state index contributed by atoms with van der Waals surface area (Å²) < 4.78 is 5.76. The first-order valence-electron chi connectivity index (χ1n) is 10.1. The number of benzene rings is 3. The summed E-state index contributed by atoms with van der Waals surface area (Å²) in [4.78, 5) is 24.1. The summed E-state index contributed by atoms with van der Waals surface area (Å²) in [6.45, 7) is 2.54. The van der Waals surface area contributed by atoms with Crippen LogP contribution in [0.15, 0.2) is 78.9 Å². The first kappa shape index (κ1) is 21.1. The quantitative estimate of drug-likeness (QED) is 0.510. The monoisotopic (exact) mass is 402 g/mol. The van der Waals surface area contributed by atoms with Crippen LogP contribution in [-0.4, -0.2) is 18.4 Å². The van der Waals surface area contributed by atoms with Gasteiger partial charge in [0, 0.05) is 29.8 Å². The first-order chi connectivity index (χ1) is 14.6. The number of hydrogen-bond donors (Lipinski definition) is 2. The fraction of sp³-hybridized carbons (Fsp3) is 0.200. The Morgan fingerprint density at radius 1 is 0.800 bits per heavy atom. The van der Waals surface area contributed by atoms with Crippen molar-refractivity contribution in [2.45, 2.75) is 26.2 Å². The molecular weight excluding hydrogens is 376 g/mol. The standard InChI is InChI=1S/C25H26N2O3/c1-2-6-24(28)26-21-11-13-22(14-12-21)27-25(29)20-9-15-23(16-10-20)30-18-17-19-7-4-3-5-8-19/h3-5,7-16H,2,6,17-18H2,1H3,(H,26,28)(H,27,29). The molecule has 0 unspecified atom stereocenters. The van der Waals surface area contributed by atoms with Gasteiger partial charge in [-0.15, -0.1) is 0 Å². The van der Waals surface area contributed by atoms with Gasteiger partial charge >= 0.3 is 0 Å². The number of ether oxygens (including phenoxy) is 1. The Bertz CT molecular complexity index is 952. The molecule has 3 aromatic carbocycles. The topological polar surface area (TPSA) is 67.4 Å². The van der Waals surface area contributed by atoms with Gasteiger partial charge < -0.3 is 15.4 Å². The molecule has 0 bridgehead atoms. The summed E-state index contributed by atoms with van der Waals surface area (Å²) in [5.41, 5.74) is 3.15. The smallest absolute Gasteiger partial charge is 0.255 e. The molecule has 0 radical (unpaired) electrons. The molecule has 2 N–H and O–H groups in total. The molecule has 5 heteroatoms. The molecule has 3 rings (SSSR count). The van der Waals surface area contributed by atoms with Crippen molar-refractivity contribution in [3.63, 3.8) is 0 Å². The average Bonchev–Trinajstić information content (AvgIpc) is 2.76. The summed E-state index contributed by atoms with van der Waals surface area (Å²) in [7, 11) is 0. The largest absolute Gasteiger partial charge is 0.493 e. The highest BCUT2D eigenvalue weighted by atomic mass is 16.5. The molecule has 0 fully saturated rings. The minimum atomic E-state index is -0.200. The van der Waals surface area contributed by atoms with E-state index in [4.69, 9.17) is 4.74 Å². The minimum Gasteiger partial charge on any atom is -0.493 e. The molecule has 3 aromatic rings. The number of carbonyl (C=O) groups excluding carboxylic acids is 2. The lowest BCUT2D eigenvalue weighted by Gasteiger charge is -2.09. The highest BCUT2D eigenvalue weighted by Gasteiger charge is 2.07. The van der Waals surface area contributed by atoms with E-state index >= 15 is 0 Å². The molecule has 0 aliphatic carbocycles. The molecule has 0 aliphatic heterocycles. The molecule has 0 aliphatic rings. The Kier molecular flexibility index (Phi) is 7.61. The Morgan fingerprint density at radius 2 is 1.43 bits per heavy atom. The third kappa shape index (κ3) is 6.48. The van der Waals surface area contributed by atoms with Crippen molar-refractivity contribution in [1.82, 2.24) is 0 Å². The summed E-state index contributed by atoms with van der Waals surface area (Å²) >= 11 is 0. The molecule has 0 saturated carbocycles. The van der Waals surface area contributed by atoms with E-state index in [1.165, 1.54) is 5.56 Å². The SMILES string of the molecule is CCCC(=O)Nc1ccc(NC(=O)c2ccc(OCCc3ccccc3)cc2)cc1. The third-order valence-electron chi connectivity index (χ3n) is 4.52. The van der Waals surface area contributed by atoms with Crippen molar-refractivity contribution in [2.75, 3.05) is 17.2 Å². The maximum Gasteiger partial charge on any atom is 0.255 e. The molecule has 2 amide bonds. The number of rotatable bonds is 9. The second-order valence-electron chi connectivity index (χ2n) is 6.94. The molecule has 0 heterocycles. The fourth-order valence-corrected chi connectivity index (χ4v) is 2.92. The van der Waals surface area contributed by atoms with Crippen LogP contribution in [0.3, 0.4) is 0 Å². The normalized spacial score (nSPS) is 10.3. The van der Waals surface area contributed by atoms with Gasteiger partial charge in [0.05, 0.1) is 6.61 Å². The average molecular weight is 402 g/mol. The molecule has 0 saturated heterocycles. The van der Waals surface area contributed by atoms with Gasteiger partial charge in [-0.2, -0.15) is 0 Å². The minimum absolute atomic E-state index is 0.0136.